The van der Waals surface area contributed by atoms with Crippen LogP contribution in [0.3, 0.4) is 0 Å². The molecule has 1 fully saturated rings. The van der Waals surface area contributed by atoms with E-state index in [1.165, 1.54) is 12.1 Å². The first-order valence-corrected chi connectivity index (χ1v) is 7.29. The van der Waals surface area contributed by atoms with Crippen molar-refractivity contribution in [2.24, 2.45) is 0 Å². The maximum absolute atomic E-state index is 12.9. The van der Waals surface area contributed by atoms with Crippen molar-refractivity contribution in [3.05, 3.63) is 30.1 Å². The third-order valence-electron chi connectivity index (χ3n) is 3.48. The summed E-state index contributed by atoms with van der Waals surface area (Å²) in [6.07, 6.45) is -0.583. The maximum Gasteiger partial charge on any atom is 0.407 e. The summed E-state index contributed by atoms with van der Waals surface area (Å²) in [5, 5.41) is 2.42. The molecule has 2 rings (SSSR count). The van der Waals surface area contributed by atoms with E-state index in [0.29, 0.717) is 26.2 Å². The van der Waals surface area contributed by atoms with Gasteiger partial charge < -0.3 is 19.9 Å². The molecule has 0 unspecified atom stereocenters. The van der Waals surface area contributed by atoms with Gasteiger partial charge in [-0.2, -0.15) is 0 Å². The van der Waals surface area contributed by atoms with E-state index in [1.54, 1.807) is 24.0 Å². The summed E-state index contributed by atoms with van der Waals surface area (Å²) >= 11 is 0. The standard InChI is InChI=1S/C15H20FN3O3/c1-2-22-15(21)17-11-14(20)19-9-7-18(8-10-19)13-5-3-12(16)4-6-13/h3-6H,2,7-11H2,1H3,(H,17,21). The fourth-order valence-electron chi connectivity index (χ4n) is 2.31. The Morgan fingerprint density at radius 2 is 1.82 bits per heavy atom. The average molecular weight is 309 g/mol. The third kappa shape index (κ3) is 4.34. The molecule has 1 aliphatic heterocycles. The molecule has 1 heterocycles. The number of halogens is 1. The molecule has 7 heteroatoms. The van der Waals surface area contributed by atoms with Crippen LogP contribution in [0.4, 0.5) is 14.9 Å². The Bertz CT molecular complexity index is 513. The molecule has 0 aliphatic carbocycles. The highest BCUT2D eigenvalue weighted by molar-refractivity contribution is 5.82. The van der Waals surface area contributed by atoms with Crippen molar-refractivity contribution >= 4 is 17.7 Å². The zero-order valence-electron chi connectivity index (χ0n) is 12.5. The molecule has 1 N–H and O–H groups in total. The molecule has 1 saturated heterocycles. The van der Waals surface area contributed by atoms with Gasteiger partial charge >= 0.3 is 6.09 Å². The predicted molar refractivity (Wildman–Crippen MR) is 80.2 cm³/mol. The molecule has 0 saturated carbocycles. The number of nitrogens with zero attached hydrogens (tertiary/aromatic N) is 2. The monoisotopic (exact) mass is 309 g/mol. The van der Waals surface area contributed by atoms with E-state index in [-0.39, 0.29) is 24.9 Å². The number of benzene rings is 1. The van der Waals surface area contributed by atoms with Crippen molar-refractivity contribution in [2.45, 2.75) is 6.92 Å². The highest BCUT2D eigenvalue weighted by atomic mass is 19.1. The second kappa shape index (κ2) is 7.63. The fraction of sp³-hybridized carbons (Fsp3) is 0.467. The van der Waals surface area contributed by atoms with Gasteiger partial charge in [-0.25, -0.2) is 9.18 Å². The van der Waals surface area contributed by atoms with Crippen molar-refractivity contribution in [1.82, 2.24) is 10.2 Å². The van der Waals surface area contributed by atoms with Crippen LogP contribution in [0.5, 0.6) is 0 Å². The van der Waals surface area contributed by atoms with Crippen molar-refractivity contribution in [2.75, 3.05) is 44.2 Å². The Morgan fingerprint density at radius 3 is 2.41 bits per heavy atom. The van der Waals surface area contributed by atoms with Crippen LogP contribution in [0.2, 0.25) is 0 Å². The average Bonchev–Trinajstić information content (AvgIpc) is 2.54. The first-order chi connectivity index (χ1) is 10.6. The highest BCUT2D eigenvalue weighted by Gasteiger charge is 2.21. The molecule has 2 amide bonds. The number of ether oxygens (including phenoxy) is 1. The summed E-state index contributed by atoms with van der Waals surface area (Å²) in [6, 6.07) is 6.32. The summed E-state index contributed by atoms with van der Waals surface area (Å²) in [7, 11) is 0. The second-order valence-corrected chi connectivity index (χ2v) is 4.92. The van der Waals surface area contributed by atoms with Gasteiger partial charge in [-0.05, 0) is 31.2 Å². The molecule has 1 aliphatic rings. The zero-order chi connectivity index (χ0) is 15.9. The molecule has 0 aromatic heterocycles. The van der Waals surface area contributed by atoms with E-state index in [0.717, 1.165) is 5.69 Å². The molecule has 22 heavy (non-hydrogen) atoms. The minimum Gasteiger partial charge on any atom is -0.450 e. The van der Waals surface area contributed by atoms with Crippen LogP contribution < -0.4 is 10.2 Å². The topological polar surface area (TPSA) is 61.9 Å². The molecule has 120 valence electrons. The van der Waals surface area contributed by atoms with Gasteiger partial charge in [0.15, 0.2) is 0 Å². The van der Waals surface area contributed by atoms with E-state index >= 15 is 0 Å². The van der Waals surface area contributed by atoms with E-state index in [2.05, 4.69) is 10.2 Å². The summed E-state index contributed by atoms with van der Waals surface area (Å²) < 4.78 is 17.6. The first kappa shape index (κ1) is 16.1. The molecule has 6 nitrogen and oxygen atoms in total. The van der Waals surface area contributed by atoms with Crippen molar-refractivity contribution in [3.8, 4) is 0 Å². The minimum atomic E-state index is -0.583. The largest absolute Gasteiger partial charge is 0.450 e. The summed E-state index contributed by atoms with van der Waals surface area (Å²) in [5.41, 5.74) is 0.943. The van der Waals surface area contributed by atoms with Crippen molar-refractivity contribution in [1.29, 1.82) is 0 Å². The Kier molecular flexibility index (Phi) is 5.57. The Labute approximate surface area is 128 Å². The van der Waals surface area contributed by atoms with Gasteiger partial charge in [0, 0.05) is 31.9 Å². The van der Waals surface area contributed by atoms with E-state index < -0.39 is 6.09 Å². The molecule has 1 aromatic carbocycles. The van der Waals surface area contributed by atoms with Gasteiger partial charge in [0.05, 0.1) is 6.61 Å². The van der Waals surface area contributed by atoms with Crippen LogP contribution in [0, 0.1) is 5.82 Å². The van der Waals surface area contributed by atoms with Gasteiger partial charge in [0.1, 0.15) is 12.4 Å². The van der Waals surface area contributed by atoms with Crippen LogP contribution >= 0.6 is 0 Å². The van der Waals surface area contributed by atoms with E-state index in [9.17, 15) is 14.0 Å². The Hall–Kier alpha value is -2.31. The van der Waals surface area contributed by atoms with Crippen molar-refractivity contribution in [3.63, 3.8) is 0 Å². The first-order valence-electron chi connectivity index (χ1n) is 7.29. The molecule has 0 radical (unpaired) electrons. The van der Waals surface area contributed by atoms with Crippen LogP contribution in [-0.4, -0.2) is 56.2 Å². The fourth-order valence-corrected chi connectivity index (χ4v) is 2.31. The zero-order valence-corrected chi connectivity index (χ0v) is 12.5. The van der Waals surface area contributed by atoms with Gasteiger partial charge in [0.25, 0.3) is 0 Å². The lowest BCUT2D eigenvalue weighted by atomic mass is 10.2. The number of rotatable bonds is 4. The molecule has 1 aromatic rings. The lowest BCUT2D eigenvalue weighted by Gasteiger charge is -2.36. The van der Waals surface area contributed by atoms with Gasteiger partial charge in [-0.3, -0.25) is 4.79 Å². The van der Waals surface area contributed by atoms with Crippen LogP contribution in [0.15, 0.2) is 24.3 Å². The number of alkyl carbamates (subject to hydrolysis) is 1. The molecule has 0 bridgehead atoms. The maximum atomic E-state index is 12.9. The highest BCUT2D eigenvalue weighted by Crippen LogP contribution is 2.16. The van der Waals surface area contributed by atoms with E-state index in [4.69, 9.17) is 4.74 Å². The van der Waals surface area contributed by atoms with Crippen LogP contribution in [0.1, 0.15) is 6.92 Å². The number of nitrogens with one attached hydrogen (secondary N) is 1. The smallest absolute Gasteiger partial charge is 0.407 e. The van der Waals surface area contributed by atoms with Crippen LogP contribution in [-0.2, 0) is 9.53 Å². The van der Waals surface area contributed by atoms with E-state index in [1.807, 2.05) is 0 Å². The third-order valence-corrected chi connectivity index (χ3v) is 3.48. The molecule has 0 atom stereocenters. The number of hydrogen-bond donors (Lipinski definition) is 1. The lowest BCUT2D eigenvalue weighted by Crippen LogP contribution is -2.51. The molecular formula is C15H20FN3O3. The normalized spacial score (nSPS) is 14.6. The van der Waals surface area contributed by atoms with Crippen molar-refractivity contribution < 1.29 is 18.7 Å². The van der Waals surface area contributed by atoms with Gasteiger partial charge in [-0.15, -0.1) is 0 Å². The lowest BCUT2D eigenvalue weighted by molar-refractivity contribution is -0.130. The number of hydrogen-bond acceptors (Lipinski definition) is 4. The number of carbonyl (C=O) groups is 2. The molecule has 0 spiro atoms. The Balaban J connectivity index is 1.78. The minimum absolute atomic E-state index is 0.0601. The second-order valence-electron chi connectivity index (χ2n) is 4.92. The molecular weight excluding hydrogens is 289 g/mol. The summed E-state index contributed by atoms with van der Waals surface area (Å²) in [4.78, 5) is 26.9. The number of amides is 2. The van der Waals surface area contributed by atoms with Crippen LogP contribution in [0.25, 0.3) is 0 Å². The number of carbonyl (C=O) groups excluding carboxylic acids is 2. The van der Waals surface area contributed by atoms with Gasteiger partial charge in [0.2, 0.25) is 5.91 Å². The number of piperazine rings is 1. The Morgan fingerprint density at radius 1 is 1.18 bits per heavy atom. The number of anilines is 1. The SMILES string of the molecule is CCOC(=O)NCC(=O)N1CCN(c2ccc(F)cc2)CC1. The quantitative estimate of drug-likeness (QED) is 0.908. The predicted octanol–water partition coefficient (Wildman–Crippen LogP) is 1.22. The summed E-state index contributed by atoms with van der Waals surface area (Å²) in [5.74, 6) is -0.394. The summed E-state index contributed by atoms with van der Waals surface area (Å²) in [6.45, 7) is 4.41. The van der Waals surface area contributed by atoms with Gasteiger partial charge in [-0.1, -0.05) is 0 Å².